The van der Waals surface area contributed by atoms with Crippen LogP contribution < -0.4 is 0 Å². The zero-order valence-corrected chi connectivity index (χ0v) is 12.5. The van der Waals surface area contributed by atoms with Gasteiger partial charge >= 0.3 is 0 Å². The SMILES string of the molecule is CCOCCS(=O)(=O)N1C2CCC1CC(Br)C2. The van der Waals surface area contributed by atoms with Crippen molar-refractivity contribution in [2.24, 2.45) is 0 Å². The molecule has 0 aromatic rings. The Morgan fingerprint density at radius 3 is 2.41 bits per heavy atom. The predicted octanol–water partition coefficient (Wildman–Crippen LogP) is 1.74. The fourth-order valence-electron chi connectivity index (χ4n) is 2.94. The minimum Gasteiger partial charge on any atom is -0.381 e. The van der Waals surface area contributed by atoms with Gasteiger partial charge in [-0.2, -0.15) is 4.31 Å². The third-order valence-corrected chi connectivity index (χ3v) is 6.29. The summed E-state index contributed by atoms with van der Waals surface area (Å²) in [6.07, 6.45) is 3.93. The van der Waals surface area contributed by atoms with Crippen molar-refractivity contribution < 1.29 is 13.2 Å². The first-order chi connectivity index (χ1) is 8.04. The Bertz CT molecular complexity index is 346. The molecule has 0 N–H and O–H groups in total. The maximum Gasteiger partial charge on any atom is 0.216 e. The lowest BCUT2D eigenvalue weighted by Gasteiger charge is -2.36. The number of piperidine rings is 1. The lowest BCUT2D eigenvalue weighted by Crippen LogP contribution is -2.48. The van der Waals surface area contributed by atoms with Crippen molar-refractivity contribution in [3.05, 3.63) is 0 Å². The molecule has 0 aliphatic carbocycles. The first-order valence-electron chi connectivity index (χ1n) is 6.27. The predicted molar refractivity (Wildman–Crippen MR) is 70.9 cm³/mol. The van der Waals surface area contributed by atoms with Crippen LogP contribution in [0.1, 0.15) is 32.6 Å². The number of rotatable bonds is 5. The first kappa shape index (κ1) is 13.8. The average Bonchev–Trinajstić information content (AvgIpc) is 2.53. The molecule has 0 amide bonds. The van der Waals surface area contributed by atoms with E-state index in [0.29, 0.717) is 18.0 Å². The van der Waals surface area contributed by atoms with Crippen LogP contribution in [0.5, 0.6) is 0 Å². The molecule has 2 aliphatic heterocycles. The molecule has 2 unspecified atom stereocenters. The molecule has 2 rings (SSSR count). The fraction of sp³-hybridized carbons (Fsp3) is 1.00. The van der Waals surface area contributed by atoms with Crippen LogP contribution in [0, 0.1) is 0 Å². The van der Waals surface area contributed by atoms with Gasteiger partial charge in [0.05, 0.1) is 12.4 Å². The van der Waals surface area contributed by atoms with Gasteiger partial charge in [-0.15, -0.1) is 0 Å². The van der Waals surface area contributed by atoms with Crippen LogP contribution in [-0.4, -0.2) is 48.6 Å². The van der Waals surface area contributed by atoms with Crippen molar-refractivity contribution in [1.82, 2.24) is 4.31 Å². The second-order valence-electron chi connectivity index (χ2n) is 4.80. The van der Waals surface area contributed by atoms with Crippen LogP contribution in [-0.2, 0) is 14.8 Å². The molecule has 17 heavy (non-hydrogen) atoms. The van der Waals surface area contributed by atoms with Crippen molar-refractivity contribution in [2.45, 2.75) is 49.5 Å². The summed E-state index contributed by atoms with van der Waals surface area (Å²) in [4.78, 5) is 0.485. The van der Waals surface area contributed by atoms with Crippen molar-refractivity contribution in [3.63, 3.8) is 0 Å². The van der Waals surface area contributed by atoms with Gasteiger partial charge in [0.2, 0.25) is 10.0 Å². The molecule has 0 saturated carbocycles. The molecule has 0 aromatic carbocycles. The zero-order valence-electron chi connectivity index (χ0n) is 10.1. The Hall–Kier alpha value is 0.350. The fourth-order valence-corrected chi connectivity index (χ4v) is 5.63. The summed E-state index contributed by atoms with van der Waals surface area (Å²) in [5.41, 5.74) is 0. The van der Waals surface area contributed by atoms with E-state index < -0.39 is 10.0 Å². The van der Waals surface area contributed by atoms with Crippen molar-refractivity contribution >= 4 is 26.0 Å². The number of halogens is 1. The van der Waals surface area contributed by atoms with Gasteiger partial charge in [-0.3, -0.25) is 0 Å². The standard InChI is InChI=1S/C11H20BrNO3S/c1-2-16-5-6-17(14,15)13-10-3-4-11(13)8-9(12)7-10/h9-11H,2-8H2,1H3. The molecule has 0 radical (unpaired) electrons. The molecule has 6 heteroatoms. The molecule has 4 nitrogen and oxygen atoms in total. The quantitative estimate of drug-likeness (QED) is 0.571. The van der Waals surface area contributed by atoms with Crippen molar-refractivity contribution in [1.29, 1.82) is 0 Å². The van der Waals surface area contributed by atoms with E-state index in [0.717, 1.165) is 25.7 Å². The van der Waals surface area contributed by atoms with Gasteiger partial charge in [-0.25, -0.2) is 8.42 Å². The number of fused-ring (bicyclic) bond motifs is 2. The van der Waals surface area contributed by atoms with E-state index in [1.54, 1.807) is 4.31 Å². The highest BCUT2D eigenvalue weighted by molar-refractivity contribution is 9.09. The molecular formula is C11H20BrNO3S. The minimum absolute atomic E-state index is 0.126. The molecule has 2 saturated heterocycles. The van der Waals surface area contributed by atoms with Gasteiger partial charge in [0, 0.05) is 23.5 Å². The smallest absolute Gasteiger partial charge is 0.216 e. The first-order valence-corrected chi connectivity index (χ1v) is 8.80. The van der Waals surface area contributed by atoms with Crippen LogP contribution in [0.15, 0.2) is 0 Å². The zero-order chi connectivity index (χ0) is 12.5. The third kappa shape index (κ3) is 3.03. The van der Waals surface area contributed by atoms with E-state index in [4.69, 9.17) is 4.74 Å². The number of hydrogen-bond donors (Lipinski definition) is 0. The monoisotopic (exact) mass is 325 g/mol. The van der Waals surface area contributed by atoms with E-state index in [1.165, 1.54) is 0 Å². The van der Waals surface area contributed by atoms with Crippen LogP contribution in [0.4, 0.5) is 0 Å². The van der Waals surface area contributed by atoms with Crippen LogP contribution in [0.3, 0.4) is 0 Å². The average molecular weight is 326 g/mol. The van der Waals surface area contributed by atoms with Crippen LogP contribution in [0.25, 0.3) is 0 Å². The highest BCUT2D eigenvalue weighted by Crippen LogP contribution is 2.40. The molecule has 2 fully saturated rings. The van der Waals surface area contributed by atoms with Gasteiger partial charge in [0.15, 0.2) is 0 Å². The Kier molecular flexibility index (Phi) is 4.50. The lowest BCUT2D eigenvalue weighted by molar-refractivity contribution is 0.161. The minimum atomic E-state index is -3.13. The van der Waals surface area contributed by atoms with E-state index in [-0.39, 0.29) is 17.8 Å². The maximum absolute atomic E-state index is 12.3. The largest absolute Gasteiger partial charge is 0.381 e. The molecule has 2 bridgehead atoms. The summed E-state index contributed by atoms with van der Waals surface area (Å²) in [5, 5.41) is 0. The summed E-state index contributed by atoms with van der Waals surface area (Å²) in [5.74, 6) is 0.126. The van der Waals surface area contributed by atoms with E-state index >= 15 is 0 Å². The van der Waals surface area contributed by atoms with E-state index in [2.05, 4.69) is 15.9 Å². The molecular weight excluding hydrogens is 306 g/mol. The Morgan fingerprint density at radius 2 is 1.88 bits per heavy atom. The summed E-state index contributed by atoms with van der Waals surface area (Å²) >= 11 is 3.62. The van der Waals surface area contributed by atoms with E-state index in [9.17, 15) is 8.42 Å². The molecule has 2 heterocycles. The highest BCUT2D eigenvalue weighted by Gasteiger charge is 2.45. The summed E-state index contributed by atoms with van der Waals surface area (Å²) in [6, 6.07) is 0.425. The second-order valence-corrected chi connectivity index (χ2v) is 8.09. The number of alkyl halides is 1. The van der Waals surface area contributed by atoms with Gasteiger partial charge < -0.3 is 4.74 Å². The summed E-state index contributed by atoms with van der Waals surface area (Å²) in [7, 11) is -3.13. The number of hydrogen-bond acceptors (Lipinski definition) is 3. The van der Waals surface area contributed by atoms with Crippen LogP contribution >= 0.6 is 15.9 Å². The lowest BCUT2D eigenvalue weighted by atomic mass is 10.1. The summed E-state index contributed by atoms with van der Waals surface area (Å²) in [6.45, 7) is 2.77. The van der Waals surface area contributed by atoms with Crippen LogP contribution in [0.2, 0.25) is 0 Å². The second kappa shape index (κ2) is 5.55. The normalized spacial score (nSPS) is 34.1. The maximum atomic E-state index is 12.3. The number of sulfonamides is 1. The van der Waals surface area contributed by atoms with Crippen molar-refractivity contribution in [3.8, 4) is 0 Å². The summed E-state index contributed by atoms with van der Waals surface area (Å²) < 4.78 is 31.4. The van der Waals surface area contributed by atoms with E-state index in [1.807, 2.05) is 6.92 Å². The number of ether oxygens (including phenoxy) is 1. The van der Waals surface area contributed by atoms with Gasteiger partial charge in [0.25, 0.3) is 0 Å². The highest BCUT2D eigenvalue weighted by atomic mass is 79.9. The van der Waals surface area contributed by atoms with Gasteiger partial charge in [0.1, 0.15) is 0 Å². The molecule has 100 valence electrons. The third-order valence-electron chi connectivity index (χ3n) is 3.62. The Morgan fingerprint density at radius 1 is 1.29 bits per heavy atom. The molecule has 2 atom stereocenters. The topological polar surface area (TPSA) is 46.6 Å². The van der Waals surface area contributed by atoms with Crippen molar-refractivity contribution in [2.75, 3.05) is 19.0 Å². The van der Waals surface area contributed by atoms with Gasteiger partial charge in [-0.1, -0.05) is 15.9 Å². The Balaban J connectivity index is 2.02. The molecule has 0 aromatic heterocycles. The molecule has 2 aliphatic rings. The van der Waals surface area contributed by atoms with Gasteiger partial charge in [-0.05, 0) is 32.6 Å². The Labute approximate surface area is 112 Å². The molecule has 0 spiro atoms. The number of nitrogens with zero attached hydrogens (tertiary/aromatic N) is 1.